The predicted octanol–water partition coefficient (Wildman–Crippen LogP) is 4.31. The number of pyridine rings is 3. The predicted molar refractivity (Wildman–Crippen MR) is 146 cm³/mol. The number of hydrogen-bond donors (Lipinski definition) is 2. The number of nitrogens with zero attached hydrogens (tertiary/aromatic N) is 3. The van der Waals surface area contributed by atoms with E-state index < -0.39 is 32.6 Å². The molecule has 12 heteroatoms. The average Bonchev–Trinajstić information content (AvgIpc) is 3.71. The number of amides is 1. The zero-order valence-electron chi connectivity index (χ0n) is 20.5. The maximum atomic E-state index is 14.9. The first-order chi connectivity index (χ1) is 18.6. The molecular weight excluding hydrogens is 545 g/mol. The number of halogens is 2. The maximum absolute atomic E-state index is 14.9. The van der Waals surface area contributed by atoms with Crippen molar-refractivity contribution in [2.24, 2.45) is 0 Å². The second kappa shape index (κ2) is 9.28. The summed E-state index contributed by atoms with van der Waals surface area (Å²) in [5, 5.41) is 0.560. The molecule has 1 aliphatic rings. The van der Waals surface area contributed by atoms with Gasteiger partial charge in [-0.25, -0.2) is 27.5 Å². The van der Waals surface area contributed by atoms with Crippen LogP contribution in [0.4, 0.5) is 4.39 Å². The van der Waals surface area contributed by atoms with Crippen molar-refractivity contribution in [3.63, 3.8) is 0 Å². The number of nitrogens with one attached hydrogen (secondary N) is 2. The smallest absolute Gasteiger partial charge is 0.282 e. The van der Waals surface area contributed by atoms with E-state index in [0.717, 1.165) is 0 Å². The Bertz CT molecular complexity index is 1980. The highest BCUT2D eigenvalue weighted by molar-refractivity contribution is 7.91. The van der Waals surface area contributed by atoms with Crippen LogP contribution in [0.15, 0.2) is 59.7 Å². The Labute approximate surface area is 226 Å². The van der Waals surface area contributed by atoms with E-state index in [-0.39, 0.29) is 34.0 Å². The third kappa shape index (κ3) is 4.47. The second-order valence-electron chi connectivity index (χ2n) is 9.51. The molecule has 39 heavy (non-hydrogen) atoms. The zero-order valence-corrected chi connectivity index (χ0v) is 22.1. The molecule has 9 nitrogen and oxygen atoms in total. The van der Waals surface area contributed by atoms with Gasteiger partial charge in [-0.15, -0.1) is 0 Å². The molecule has 0 aliphatic heterocycles. The van der Waals surface area contributed by atoms with E-state index in [0.29, 0.717) is 40.4 Å². The number of sulfonamides is 1. The van der Waals surface area contributed by atoms with Gasteiger partial charge >= 0.3 is 0 Å². The number of rotatable bonds is 6. The summed E-state index contributed by atoms with van der Waals surface area (Å²) in [4.78, 5) is 37.8. The third-order valence-electron chi connectivity index (χ3n) is 6.79. The molecule has 0 unspecified atom stereocenters. The average molecular weight is 566 g/mol. The van der Waals surface area contributed by atoms with Crippen LogP contribution in [-0.2, 0) is 16.6 Å². The fraction of sp³-hybridized carbons (Fsp3) is 0.185. The largest absolute Gasteiger partial charge is 0.331 e. The van der Waals surface area contributed by atoms with Gasteiger partial charge in [-0.05, 0) is 67.8 Å². The van der Waals surface area contributed by atoms with Crippen molar-refractivity contribution < 1.29 is 17.6 Å². The van der Waals surface area contributed by atoms with Crippen LogP contribution in [0.25, 0.3) is 33.1 Å². The topological polar surface area (TPSA) is 127 Å². The minimum Gasteiger partial charge on any atom is -0.331 e. The summed E-state index contributed by atoms with van der Waals surface area (Å²) in [7, 11) is -3.94. The van der Waals surface area contributed by atoms with Crippen LogP contribution in [0.2, 0.25) is 5.15 Å². The summed E-state index contributed by atoms with van der Waals surface area (Å²) in [6.45, 7) is 1.51. The maximum Gasteiger partial charge on any atom is 0.282 e. The molecule has 4 aromatic heterocycles. The van der Waals surface area contributed by atoms with Gasteiger partial charge in [0.2, 0.25) is 10.0 Å². The highest BCUT2D eigenvalue weighted by Gasteiger charge is 2.38. The van der Waals surface area contributed by atoms with Crippen LogP contribution in [0.5, 0.6) is 0 Å². The highest BCUT2D eigenvalue weighted by Crippen LogP contribution is 2.37. The van der Waals surface area contributed by atoms with Gasteiger partial charge in [0, 0.05) is 39.9 Å². The summed E-state index contributed by atoms with van der Waals surface area (Å²) in [6.07, 6.45) is 3.94. The number of carbonyl (C=O) groups is 1. The Hall–Kier alpha value is -4.09. The lowest BCUT2D eigenvalue weighted by molar-refractivity contribution is 0.0974. The van der Waals surface area contributed by atoms with E-state index >= 15 is 0 Å². The molecule has 1 amide bonds. The molecule has 1 aliphatic carbocycles. The van der Waals surface area contributed by atoms with Gasteiger partial charge in [-0.2, -0.15) is 0 Å². The van der Waals surface area contributed by atoms with Gasteiger partial charge in [0.05, 0.1) is 17.3 Å². The lowest BCUT2D eigenvalue weighted by atomic mass is 10.0. The molecule has 0 atom stereocenters. The molecule has 5 aromatic rings. The Kier molecular flexibility index (Phi) is 6.00. The first kappa shape index (κ1) is 25.2. The lowest BCUT2D eigenvalue weighted by Crippen LogP contribution is -2.35. The number of H-pyrrole nitrogens is 1. The molecule has 4 heterocycles. The molecule has 0 saturated heterocycles. The van der Waals surface area contributed by atoms with Gasteiger partial charge in [0.25, 0.3) is 11.5 Å². The van der Waals surface area contributed by atoms with Gasteiger partial charge < -0.3 is 9.55 Å². The molecule has 6 rings (SSSR count). The van der Waals surface area contributed by atoms with E-state index in [2.05, 4.69) is 19.7 Å². The van der Waals surface area contributed by atoms with Crippen LogP contribution in [-0.4, -0.2) is 39.1 Å². The van der Waals surface area contributed by atoms with Crippen molar-refractivity contribution in [1.29, 1.82) is 0 Å². The second-order valence-corrected chi connectivity index (χ2v) is 11.8. The fourth-order valence-electron chi connectivity index (χ4n) is 4.72. The van der Waals surface area contributed by atoms with Gasteiger partial charge in [-0.1, -0.05) is 11.6 Å². The van der Waals surface area contributed by atoms with Crippen molar-refractivity contribution in [3.05, 3.63) is 93.0 Å². The summed E-state index contributed by atoms with van der Waals surface area (Å²) < 4.78 is 44.1. The van der Waals surface area contributed by atoms with Crippen LogP contribution < -0.4 is 10.3 Å². The Morgan fingerprint density at radius 1 is 1.23 bits per heavy atom. The molecule has 0 bridgehead atoms. The summed E-state index contributed by atoms with van der Waals surface area (Å²) in [6, 6.07) is 11.2. The minimum absolute atomic E-state index is 0.0629. The third-order valence-corrected chi connectivity index (χ3v) is 8.93. The van der Waals surface area contributed by atoms with E-state index in [1.807, 2.05) is 0 Å². The van der Waals surface area contributed by atoms with Crippen molar-refractivity contribution in [2.45, 2.75) is 31.6 Å². The fourth-order valence-corrected chi connectivity index (χ4v) is 6.19. The lowest BCUT2D eigenvalue weighted by Gasteiger charge is -2.14. The summed E-state index contributed by atoms with van der Waals surface area (Å²) in [5.74, 6) is -1.46. The van der Waals surface area contributed by atoms with E-state index in [9.17, 15) is 22.4 Å². The standard InChI is InChI=1S/C27H21ClFN5O4S/c1-14-10-19-21(12-20(14)29)34(13-16-11-15-4-2-8-30-25(15)32-24(16)28)23(22(19)18-5-3-9-31-26(18)35)27(36)33-39(37,38)17-6-7-17/h2-5,8-12,17H,6-7,13H2,1H3,(H,31,35)(H,33,36). The van der Waals surface area contributed by atoms with E-state index in [1.54, 1.807) is 43.5 Å². The van der Waals surface area contributed by atoms with Crippen molar-refractivity contribution in [3.8, 4) is 11.1 Å². The van der Waals surface area contributed by atoms with Crippen molar-refractivity contribution >= 4 is 49.5 Å². The van der Waals surface area contributed by atoms with Crippen LogP contribution >= 0.6 is 11.6 Å². The molecule has 1 fully saturated rings. The van der Waals surface area contributed by atoms with E-state index in [4.69, 9.17) is 11.6 Å². The Morgan fingerprint density at radius 3 is 2.77 bits per heavy atom. The number of hydrogen-bond acceptors (Lipinski definition) is 6. The number of aryl methyl sites for hydroxylation is 1. The summed E-state index contributed by atoms with van der Waals surface area (Å²) in [5.41, 5.74) is 1.21. The molecule has 1 saturated carbocycles. The highest BCUT2D eigenvalue weighted by atomic mass is 35.5. The van der Waals surface area contributed by atoms with Crippen molar-refractivity contribution in [1.82, 2.24) is 24.2 Å². The SMILES string of the molecule is Cc1cc2c(-c3ccc[nH]c3=O)c(C(=O)NS(=O)(=O)C3CC3)n(Cc3cc4cccnc4nc3Cl)c2cc1F. The Morgan fingerprint density at radius 2 is 2.03 bits per heavy atom. The summed E-state index contributed by atoms with van der Waals surface area (Å²) >= 11 is 6.51. The van der Waals surface area contributed by atoms with Gasteiger partial charge in [0.15, 0.2) is 5.65 Å². The minimum atomic E-state index is -3.94. The van der Waals surface area contributed by atoms with E-state index in [1.165, 1.54) is 22.9 Å². The van der Waals surface area contributed by atoms with Crippen molar-refractivity contribution in [2.75, 3.05) is 0 Å². The molecule has 0 spiro atoms. The zero-order chi connectivity index (χ0) is 27.5. The quantitative estimate of drug-likeness (QED) is 0.295. The molecule has 0 radical (unpaired) electrons. The first-order valence-corrected chi connectivity index (χ1v) is 14.0. The van der Waals surface area contributed by atoms with Gasteiger partial charge in [-0.3, -0.25) is 9.59 Å². The number of benzene rings is 1. The number of fused-ring (bicyclic) bond motifs is 2. The Balaban J connectivity index is 1.65. The molecule has 198 valence electrons. The number of aromatic nitrogens is 4. The molecule has 2 N–H and O–H groups in total. The monoisotopic (exact) mass is 565 g/mol. The molecule has 1 aromatic carbocycles. The number of aromatic amines is 1. The number of carbonyl (C=O) groups excluding carboxylic acids is 1. The first-order valence-electron chi connectivity index (χ1n) is 12.1. The molecular formula is C27H21ClFN5O4S. The normalized spacial score (nSPS) is 13.7. The van der Waals surface area contributed by atoms with Crippen LogP contribution in [0.3, 0.4) is 0 Å². The van der Waals surface area contributed by atoms with Crippen LogP contribution in [0.1, 0.15) is 34.5 Å². The van der Waals surface area contributed by atoms with Gasteiger partial charge in [0.1, 0.15) is 16.7 Å². The van der Waals surface area contributed by atoms with Crippen LogP contribution in [0, 0.1) is 12.7 Å².